The van der Waals surface area contributed by atoms with Crippen molar-refractivity contribution in [3.8, 4) is 0 Å². The summed E-state index contributed by atoms with van der Waals surface area (Å²) in [7, 11) is -9.92. The van der Waals surface area contributed by atoms with E-state index in [1.165, 1.54) is 225 Å². The molecule has 0 aliphatic rings. The first kappa shape index (κ1) is 95.1. The fourth-order valence-electron chi connectivity index (χ4n) is 12.0. The lowest BCUT2D eigenvalue weighted by Gasteiger charge is -2.21. The molecule has 97 heavy (non-hydrogen) atoms. The second-order valence-corrected chi connectivity index (χ2v) is 31.7. The molecule has 0 saturated carbocycles. The molecule has 6 atom stereocenters. The number of carbonyl (C=O) groups is 4. The first-order chi connectivity index (χ1) is 46.9. The molecule has 0 fully saturated rings. The van der Waals surface area contributed by atoms with Gasteiger partial charge in [-0.1, -0.05) is 356 Å². The minimum absolute atomic E-state index is 0.108. The van der Waals surface area contributed by atoms with Gasteiger partial charge in [-0.2, -0.15) is 0 Å². The molecule has 3 unspecified atom stereocenters. The summed E-state index contributed by atoms with van der Waals surface area (Å²) in [6.45, 7) is 9.67. The first-order valence-electron chi connectivity index (χ1n) is 40.5. The fourth-order valence-corrected chi connectivity index (χ4v) is 13.6. The highest BCUT2D eigenvalue weighted by atomic mass is 31.2. The van der Waals surface area contributed by atoms with Crippen LogP contribution in [0.5, 0.6) is 0 Å². The van der Waals surface area contributed by atoms with Gasteiger partial charge in [0.1, 0.15) is 19.3 Å². The molecule has 0 bridgehead atoms. The van der Waals surface area contributed by atoms with E-state index in [-0.39, 0.29) is 25.7 Å². The zero-order valence-corrected chi connectivity index (χ0v) is 65.2. The zero-order valence-electron chi connectivity index (χ0n) is 63.4. The smallest absolute Gasteiger partial charge is 0.462 e. The van der Waals surface area contributed by atoms with Crippen molar-refractivity contribution in [2.24, 2.45) is 11.8 Å². The minimum Gasteiger partial charge on any atom is -0.462 e. The number of aliphatic hydroxyl groups is 1. The van der Waals surface area contributed by atoms with Crippen LogP contribution >= 0.6 is 15.6 Å². The van der Waals surface area contributed by atoms with Gasteiger partial charge >= 0.3 is 39.5 Å². The first-order valence-corrected chi connectivity index (χ1v) is 43.5. The molecule has 0 heterocycles. The van der Waals surface area contributed by atoms with Crippen LogP contribution in [0.15, 0.2) is 0 Å². The molecule has 0 aromatic heterocycles. The Morgan fingerprint density at radius 1 is 0.299 bits per heavy atom. The van der Waals surface area contributed by atoms with Gasteiger partial charge in [0.25, 0.3) is 0 Å². The van der Waals surface area contributed by atoms with E-state index >= 15 is 0 Å². The maximum absolute atomic E-state index is 13.1. The highest BCUT2D eigenvalue weighted by Crippen LogP contribution is 2.45. The molecule has 3 N–H and O–H groups in total. The van der Waals surface area contributed by atoms with Crippen LogP contribution in [0.2, 0.25) is 0 Å². The van der Waals surface area contributed by atoms with Crippen LogP contribution in [0.3, 0.4) is 0 Å². The minimum atomic E-state index is -4.96. The van der Waals surface area contributed by atoms with Crippen molar-refractivity contribution in [1.82, 2.24) is 0 Å². The Morgan fingerprint density at radius 2 is 0.526 bits per heavy atom. The van der Waals surface area contributed by atoms with Gasteiger partial charge in [-0.15, -0.1) is 0 Å². The van der Waals surface area contributed by atoms with E-state index < -0.39 is 97.5 Å². The van der Waals surface area contributed by atoms with E-state index in [0.29, 0.717) is 25.7 Å². The number of rotatable bonds is 77. The quantitative estimate of drug-likeness (QED) is 0.0222. The number of hydrogen-bond acceptors (Lipinski definition) is 15. The number of ether oxygens (including phenoxy) is 4. The van der Waals surface area contributed by atoms with Gasteiger partial charge < -0.3 is 33.8 Å². The van der Waals surface area contributed by atoms with Gasteiger partial charge in [-0.3, -0.25) is 37.3 Å². The van der Waals surface area contributed by atoms with Crippen LogP contribution in [0.4, 0.5) is 0 Å². The van der Waals surface area contributed by atoms with Crippen molar-refractivity contribution in [3.05, 3.63) is 0 Å². The van der Waals surface area contributed by atoms with Crippen molar-refractivity contribution >= 4 is 39.5 Å². The van der Waals surface area contributed by atoms with E-state index in [0.717, 1.165) is 102 Å². The van der Waals surface area contributed by atoms with Crippen LogP contribution in [0, 0.1) is 11.8 Å². The maximum Gasteiger partial charge on any atom is 0.472 e. The van der Waals surface area contributed by atoms with E-state index in [2.05, 4.69) is 41.5 Å². The largest absolute Gasteiger partial charge is 0.472 e. The zero-order chi connectivity index (χ0) is 71.4. The molecule has 0 spiro atoms. The summed E-state index contributed by atoms with van der Waals surface area (Å²) in [5.74, 6) is -0.505. The molecule has 0 saturated heterocycles. The number of unbranched alkanes of at least 4 members (excludes halogenated alkanes) is 46. The van der Waals surface area contributed by atoms with Crippen molar-refractivity contribution in [3.63, 3.8) is 0 Å². The van der Waals surface area contributed by atoms with E-state index in [9.17, 15) is 43.2 Å². The van der Waals surface area contributed by atoms with Crippen molar-refractivity contribution in [2.45, 2.75) is 426 Å². The summed E-state index contributed by atoms with van der Waals surface area (Å²) < 4.78 is 68.7. The summed E-state index contributed by atoms with van der Waals surface area (Å²) in [6, 6.07) is 0. The third kappa shape index (κ3) is 70.9. The van der Waals surface area contributed by atoms with Crippen molar-refractivity contribution in [1.29, 1.82) is 0 Å². The Kier molecular flexibility index (Phi) is 68.4. The van der Waals surface area contributed by atoms with Gasteiger partial charge in [0.05, 0.1) is 26.4 Å². The Bertz CT molecular complexity index is 1870. The van der Waals surface area contributed by atoms with E-state index in [1.807, 2.05) is 0 Å². The van der Waals surface area contributed by atoms with Gasteiger partial charge in [-0.05, 0) is 37.5 Å². The van der Waals surface area contributed by atoms with Crippen LogP contribution < -0.4 is 0 Å². The molecule has 0 radical (unpaired) electrons. The number of hydrogen-bond donors (Lipinski definition) is 3. The standard InChI is InChI=1S/C78H152O17P2/c1-7-10-12-14-16-18-20-24-29-36-42-48-54-60-75(80)88-66-73(94-77(82)62-56-50-44-38-30-25-21-19-17-15-13-11-8-2)68-92-96(84,85)90-64-72(79)65-91-97(86,87)93-69-74(67-89-76(81)61-55-49-43-37-33-32-35-41-47-53-59-71(6)9-3)95-78(83)63-57-51-45-39-31-27-23-22-26-28-34-40-46-52-58-70(4)5/h70-74,79H,7-69H2,1-6H3,(H,84,85)(H,86,87)/t71?,72-,73+,74+/m0/s1. The molecular formula is C78H152O17P2. The summed E-state index contributed by atoms with van der Waals surface area (Å²) in [6.07, 6.45) is 58.0. The predicted octanol–water partition coefficient (Wildman–Crippen LogP) is 23.1. The third-order valence-corrected chi connectivity index (χ3v) is 20.5. The Morgan fingerprint density at radius 3 is 0.784 bits per heavy atom. The molecule has 0 aliphatic carbocycles. The maximum atomic E-state index is 13.1. The average molecular weight is 1420 g/mol. The molecule has 0 amide bonds. The molecular weight excluding hydrogens is 1270 g/mol. The Hall–Kier alpha value is -1.94. The molecule has 0 aromatic carbocycles. The molecule has 0 aliphatic heterocycles. The number of carbonyl (C=O) groups excluding carboxylic acids is 4. The fraction of sp³-hybridized carbons (Fsp3) is 0.949. The normalized spacial score (nSPS) is 14.2. The third-order valence-electron chi connectivity index (χ3n) is 18.6. The monoisotopic (exact) mass is 1420 g/mol. The van der Waals surface area contributed by atoms with Crippen LogP contribution in [0.25, 0.3) is 0 Å². The molecule has 0 rings (SSSR count). The lowest BCUT2D eigenvalue weighted by Crippen LogP contribution is -2.30. The van der Waals surface area contributed by atoms with Crippen LogP contribution in [-0.4, -0.2) is 96.7 Å². The van der Waals surface area contributed by atoms with Gasteiger partial charge in [0, 0.05) is 25.7 Å². The van der Waals surface area contributed by atoms with Gasteiger partial charge in [0.2, 0.25) is 0 Å². The van der Waals surface area contributed by atoms with Gasteiger partial charge in [0.15, 0.2) is 12.2 Å². The molecule has 0 aromatic rings. The molecule has 576 valence electrons. The number of phosphoric acid groups is 2. The van der Waals surface area contributed by atoms with E-state index in [1.54, 1.807) is 0 Å². The van der Waals surface area contributed by atoms with Crippen molar-refractivity contribution in [2.75, 3.05) is 39.6 Å². The highest BCUT2D eigenvalue weighted by Gasteiger charge is 2.30. The SMILES string of the molecule is CCCCCCCCCCCCCCCC(=O)OC[C@H](COP(=O)(O)OC[C@H](O)COP(=O)(O)OC[C@@H](COC(=O)CCCCCCCCCCCCC(C)CC)OC(=O)CCCCCCCCCCCCCCCCC(C)C)OC(=O)CCCCCCCCCCCCCCC. The topological polar surface area (TPSA) is 237 Å². The Balaban J connectivity index is 5.27. The highest BCUT2D eigenvalue weighted by molar-refractivity contribution is 7.47. The van der Waals surface area contributed by atoms with E-state index in [4.69, 9.17) is 37.0 Å². The lowest BCUT2D eigenvalue weighted by atomic mass is 9.99. The Labute approximate surface area is 594 Å². The van der Waals surface area contributed by atoms with Crippen LogP contribution in [0.1, 0.15) is 408 Å². The second-order valence-electron chi connectivity index (χ2n) is 28.8. The molecule has 19 heteroatoms. The average Bonchev–Trinajstić information content (AvgIpc) is 3.77. The summed E-state index contributed by atoms with van der Waals surface area (Å²) in [5, 5.41) is 10.6. The van der Waals surface area contributed by atoms with Gasteiger partial charge in [-0.25, -0.2) is 9.13 Å². The number of phosphoric ester groups is 2. The summed E-state index contributed by atoms with van der Waals surface area (Å²) in [5.41, 5.74) is 0. The predicted molar refractivity (Wildman–Crippen MR) is 395 cm³/mol. The lowest BCUT2D eigenvalue weighted by molar-refractivity contribution is -0.161. The molecule has 17 nitrogen and oxygen atoms in total. The van der Waals surface area contributed by atoms with Crippen LogP contribution in [-0.2, 0) is 65.4 Å². The van der Waals surface area contributed by atoms with Crippen molar-refractivity contribution < 1.29 is 80.2 Å². The number of esters is 4. The number of aliphatic hydroxyl groups excluding tert-OH is 1. The summed E-state index contributed by atoms with van der Waals surface area (Å²) >= 11 is 0. The second kappa shape index (κ2) is 69.8. The summed E-state index contributed by atoms with van der Waals surface area (Å²) in [4.78, 5) is 72.9.